The molecule has 18 heavy (non-hydrogen) atoms. The number of rotatable bonds is 5. The lowest BCUT2D eigenvalue weighted by atomic mass is 10.3. The van der Waals surface area contributed by atoms with Gasteiger partial charge in [0.05, 0.1) is 5.69 Å². The quantitative estimate of drug-likeness (QED) is 0.876. The summed E-state index contributed by atoms with van der Waals surface area (Å²) in [7, 11) is -3.17. The molecule has 1 N–H and O–H groups in total. The zero-order valence-electron chi connectivity index (χ0n) is 11.6. The van der Waals surface area contributed by atoms with Gasteiger partial charge in [0.25, 0.3) is 0 Å². The average Bonchev–Trinajstić information content (AvgIpc) is 2.23. The van der Waals surface area contributed by atoms with E-state index >= 15 is 0 Å². The zero-order valence-corrected chi connectivity index (χ0v) is 12.4. The first-order valence-electron chi connectivity index (χ1n) is 5.97. The van der Waals surface area contributed by atoms with Gasteiger partial charge in [0.2, 0.25) is 0 Å². The van der Waals surface area contributed by atoms with Crippen molar-refractivity contribution in [1.29, 1.82) is 0 Å². The first-order valence-corrected chi connectivity index (χ1v) is 7.92. The maximum atomic E-state index is 11.5. The molecule has 0 aromatic carbocycles. The van der Waals surface area contributed by atoms with E-state index in [9.17, 15) is 8.42 Å². The largest absolute Gasteiger partial charge is 0.309 e. The molecular weight excluding hydrogens is 250 g/mol. The third-order valence-electron chi connectivity index (χ3n) is 2.62. The smallest absolute Gasteiger partial charge is 0.157 e. The van der Waals surface area contributed by atoms with Gasteiger partial charge in [-0.15, -0.1) is 0 Å². The highest BCUT2D eigenvalue weighted by Gasteiger charge is 2.20. The molecule has 5 nitrogen and oxygen atoms in total. The van der Waals surface area contributed by atoms with Crippen molar-refractivity contribution in [3.8, 4) is 0 Å². The van der Waals surface area contributed by atoms with E-state index < -0.39 is 15.1 Å². The lowest BCUT2D eigenvalue weighted by Gasteiger charge is -2.12. The number of aryl methyl sites for hydroxylation is 1. The van der Waals surface area contributed by atoms with Crippen LogP contribution in [0.15, 0.2) is 6.07 Å². The van der Waals surface area contributed by atoms with Gasteiger partial charge in [-0.25, -0.2) is 18.4 Å². The molecule has 0 fully saturated rings. The van der Waals surface area contributed by atoms with Gasteiger partial charge in [-0.1, -0.05) is 13.8 Å². The minimum absolute atomic E-state index is 0.357. The number of nitrogens with zero attached hydrogens (tertiary/aromatic N) is 2. The number of hydrogen-bond acceptors (Lipinski definition) is 5. The number of sulfone groups is 1. The fourth-order valence-corrected chi connectivity index (χ4v) is 1.92. The Kier molecular flexibility index (Phi) is 4.81. The van der Waals surface area contributed by atoms with Crippen LogP contribution in [-0.4, -0.2) is 30.7 Å². The molecular formula is C12H21N3O2S. The molecule has 1 atom stereocenters. The second kappa shape index (κ2) is 5.75. The lowest BCUT2D eigenvalue weighted by molar-refractivity contribution is 0.573. The summed E-state index contributed by atoms with van der Waals surface area (Å²) in [6.07, 6.45) is 1.20. The molecule has 1 rings (SSSR count). The van der Waals surface area contributed by atoms with Crippen molar-refractivity contribution in [3.63, 3.8) is 0 Å². The molecule has 0 amide bonds. The molecule has 0 aliphatic heterocycles. The number of hydrogen-bond donors (Lipinski definition) is 1. The van der Waals surface area contributed by atoms with Crippen LogP contribution in [-0.2, 0) is 16.4 Å². The van der Waals surface area contributed by atoms with Crippen LogP contribution in [0.25, 0.3) is 0 Å². The first-order chi connectivity index (χ1) is 8.20. The lowest BCUT2D eigenvalue weighted by Crippen LogP contribution is -2.23. The fourth-order valence-electron chi connectivity index (χ4n) is 1.43. The molecule has 1 aromatic rings. The molecule has 0 aliphatic rings. The predicted molar refractivity (Wildman–Crippen MR) is 72.0 cm³/mol. The van der Waals surface area contributed by atoms with Crippen LogP contribution in [0.2, 0.25) is 0 Å². The Labute approximate surface area is 109 Å². The van der Waals surface area contributed by atoms with E-state index in [2.05, 4.69) is 15.3 Å². The summed E-state index contributed by atoms with van der Waals surface area (Å²) in [5, 5.41) is 2.58. The van der Waals surface area contributed by atoms with E-state index in [-0.39, 0.29) is 0 Å². The molecule has 6 heteroatoms. The van der Waals surface area contributed by atoms with E-state index in [4.69, 9.17) is 0 Å². The van der Waals surface area contributed by atoms with Gasteiger partial charge in [-0.3, -0.25) is 0 Å². The summed E-state index contributed by atoms with van der Waals surface area (Å²) in [4.78, 5) is 8.53. The Balaban J connectivity index is 3.01. The van der Waals surface area contributed by atoms with Crippen LogP contribution in [0.3, 0.4) is 0 Å². The van der Waals surface area contributed by atoms with E-state index in [0.29, 0.717) is 18.4 Å². The molecule has 0 saturated carbocycles. The van der Waals surface area contributed by atoms with Crippen LogP contribution in [0.1, 0.15) is 43.2 Å². The van der Waals surface area contributed by atoms with Gasteiger partial charge in [0, 0.05) is 24.5 Å². The molecule has 0 bridgehead atoms. The van der Waals surface area contributed by atoms with Crippen molar-refractivity contribution in [1.82, 2.24) is 15.3 Å². The zero-order chi connectivity index (χ0) is 13.9. The summed E-state index contributed by atoms with van der Waals surface area (Å²) in [6.45, 7) is 8.18. The highest BCUT2D eigenvalue weighted by Crippen LogP contribution is 2.17. The van der Waals surface area contributed by atoms with E-state index in [0.717, 1.165) is 11.4 Å². The third kappa shape index (κ3) is 4.34. The second-order valence-electron chi connectivity index (χ2n) is 4.87. The SMILES string of the molecule is Cc1cc(CNC(C)C)nc(C(C)S(C)(=O)=O)n1. The third-order valence-corrected chi connectivity index (χ3v) is 4.12. The van der Waals surface area contributed by atoms with Gasteiger partial charge in [0.1, 0.15) is 11.1 Å². The number of nitrogens with one attached hydrogen (secondary N) is 1. The van der Waals surface area contributed by atoms with Crippen LogP contribution in [0, 0.1) is 6.92 Å². The second-order valence-corrected chi connectivity index (χ2v) is 7.23. The standard InChI is InChI=1S/C12H21N3O2S/c1-8(2)13-7-11-6-9(3)14-12(15-11)10(4)18(5,16)17/h6,8,10,13H,7H2,1-5H3. The van der Waals surface area contributed by atoms with Gasteiger partial charge < -0.3 is 5.32 Å². The predicted octanol–water partition coefficient (Wildman–Crippen LogP) is 1.39. The normalized spacial score (nSPS) is 13.9. The molecule has 102 valence electrons. The van der Waals surface area contributed by atoms with Crippen LogP contribution < -0.4 is 5.32 Å². The fraction of sp³-hybridized carbons (Fsp3) is 0.667. The minimum atomic E-state index is -3.17. The van der Waals surface area contributed by atoms with Crippen LogP contribution in [0.4, 0.5) is 0 Å². The first kappa shape index (κ1) is 15.0. The summed E-state index contributed by atoms with van der Waals surface area (Å²) >= 11 is 0. The molecule has 0 spiro atoms. The highest BCUT2D eigenvalue weighted by atomic mass is 32.2. The van der Waals surface area contributed by atoms with Gasteiger partial charge in [-0.05, 0) is 19.9 Å². The van der Waals surface area contributed by atoms with E-state index in [1.807, 2.05) is 26.8 Å². The van der Waals surface area contributed by atoms with Crippen molar-refractivity contribution in [2.45, 2.75) is 45.5 Å². The molecule has 0 aliphatic carbocycles. The Morgan fingerprint density at radius 2 is 1.89 bits per heavy atom. The van der Waals surface area contributed by atoms with Crippen molar-refractivity contribution in [2.24, 2.45) is 0 Å². The van der Waals surface area contributed by atoms with Crippen LogP contribution in [0.5, 0.6) is 0 Å². The Hall–Kier alpha value is -1.01. The summed E-state index contributed by atoms with van der Waals surface area (Å²) in [6, 6.07) is 2.23. The number of aromatic nitrogens is 2. The maximum absolute atomic E-state index is 11.5. The van der Waals surface area contributed by atoms with Gasteiger partial charge >= 0.3 is 0 Å². The van der Waals surface area contributed by atoms with E-state index in [1.165, 1.54) is 6.26 Å². The van der Waals surface area contributed by atoms with E-state index in [1.54, 1.807) is 6.92 Å². The molecule has 0 radical (unpaired) electrons. The topological polar surface area (TPSA) is 72.0 Å². The molecule has 1 unspecified atom stereocenters. The Bertz CT molecular complexity index is 512. The van der Waals surface area contributed by atoms with Crippen LogP contribution >= 0.6 is 0 Å². The molecule has 0 saturated heterocycles. The van der Waals surface area contributed by atoms with Gasteiger partial charge in [0.15, 0.2) is 9.84 Å². The Morgan fingerprint density at radius 3 is 2.39 bits per heavy atom. The summed E-state index contributed by atoms with van der Waals surface area (Å²) < 4.78 is 23.0. The average molecular weight is 271 g/mol. The highest BCUT2D eigenvalue weighted by molar-refractivity contribution is 7.90. The minimum Gasteiger partial charge on any atom is -0.309 e. The van der Waals surface area contributed by atoms with Crippen molar-refractivity contribution in [3.05, 3.63) is 23.3 Å². The van der Waals surface area contributed by atoms with Crippen molar-refractivity contribution < 1.29 is 8.42 Å². The molecule has 1 aromatic heterocycles. The monoisotopic (exact) mass is 271 g/mol. The summed E-state index contributed by atoms with van der Waals surface area (Å²) in [5.74, 6) is 0.373. The van der Waals surface area contributed by atoms with Crippen molar-refractivity contribution in [2.75, 3.05) is 6.26 Å². The maximum Gasteiger partial charge on any atom is 0.157 e. The summed E-state index contributed by atoms with van der Waals surface area (Å²) in [5.41, 5.74) is 1.61. The van der Waals surface area contributed by atoms with Crippen molar-refractivity contribution >= 4 is 9.84 Å². The Morgan fingerprint density at radius 1 is 1.28 bits per heavy atom. The molecule has 1 heterocycles. The van der Waals surface area contributed by atoms with Gasteiger partial charge in [-0.2, -0.15) is 0 Å².